The molecule has 7 atom stereocenters. The summed E-state index contributed by atoms with van der Waals surface area (Å²) in [7, 11) is 1.51. The molecule has 13 nitrogen and oxygen atoms in total. The predicted molar refractivity (Wildman–Crippen MR) is 188 cm³/mol. The Kier molecular flexibility index (Phi) is 13.8. The van der Waals surface area contributed by atoms with Crippen LogP contribution in [0.4, 0.5) is 0 Å². The summed E-state index contributed by atoms with van der Waals surface area (Å²) in [5, 5.41) is 12.5. The van der Waals surface area contributed by atoms with Crippen molar-refractivity contribution in [3.05, 3.63) is 61.2 Å². The van der Waals surface area contributed by atoms with E-state index in [0.717, 1.165) is 13.1 Å². The standard InChI is InChI=1S/C38H54N4O9/c1-4-6-14-30(44)39-28(26-48-3)33(27-12-8-7-9-13-27)50-37(47)31-29-15-16-38(51-29)32(31)35(45)42(18-10-11-23-43)34(38)36(46)41(17-5-2)20-19-40-21-24-49-25-22-40/h4-5,7-9,12-13,28-29,31-34,43H,1-2,6,10-11,14-26H2,3H3,(H,39,44)/t28-,29+,31-,32-,33-,34+,38-/m1/s1. The number of amides is 3. The fraction of sp³-hybridized carbons (Fsp3) is 0.632. The molecular weight excluding hydrogens is 656 g/mol. The number of unbranched alkanes of at least 4 members (excludes halogenated alkanes) is 1. The molecule has 4 aliphatic heterocycles. The van der Waals surface area contributed by atoms with Gasteiger partial charge in [-0.05, 0) is 37.7 Å². The van der Waals surface area contributed by atoms with Gasteiger partial charge in [-0.1, -0.05) is 42.5 Å². The third-order valence-electron chi connectivity index (χ3n) is 10.6. The number of hydrogen-bond donors (Lipinski definition) is 2. The molecule has 4 aliphatic rings. The smallest absolute Gasteiger partial charge is 0.313 e. The number of aliphatic hydroxyl groups excluding tert-OH is 1. The number of aliphatic hydroxyl groups is 1. The highest BCUT2D eigenvalue weighted by Crippen LogP contribution is 2.59. The lowest BCUT2D eigenvalue weighted by Gasteiger charge is -2.37. The Morgan fingerprint density at radius 1 is 1.14 bits per heavy atom. The van der Waals surface area contributed by atoms with Gasteiger partial charge in [-0.2, -0.15) is 0 Å². The zero-order valence-electron chi connectivity index (χ0n) is 29.8. The summed E-state index contributed by atoms with van der Waals surface area (Å²) >= 11 is 0. The minimum absolute atomic E-state index is 0.0431. The van der Waals surface area contributed by atoms with Crippen molar-refractivity contribution in [1.29, 1.82) is 0 Å². The van der Waals surface area contributed by atoms with Gasteiger partial charge in [0.2, 0.25) is 17.7 Å². The van der Waals surface area contributed by atoms with Gasteiger partial charge in [-0.15, -0.1) is 13.2 Å². The summed E-state index contributed by atoms with van der Waals surface area (Å²) in [6.07, 6.45) is 4.41. The van der Waals surface area contributed by atoms with E-state index in [-0.39, 0.29) is 43.9 Å². The molecule has 0 saturated carbocycles. The lowest BCUT2D eigenvalue weighted by atomic mass is 9.70. The Hall–Kier alpha value is -3.62. The van der Waals surface area contributed by atoms with Crippen LogP contribution < -0.4 is 5.32 Å². The molecule has 0 unspecified atom stereocenters. The lowest BCUT2D eigenvalue weighted by Crippen LogP contribution is -2.57. The van der Waals surface area contributed by atoms with Crippen molar-refractivity contribution in [1.82, 2.24) is 20.0 Å². The average Bonchev–Trinajstić information content (AvgIpc) is 3.79. The summed E-state index contributed by atoms with van der Waals surface area (Å²) in [4.78, 5) is 62.0. The van der Waals surface area contributed by atoms with Gasteiger partial charge in [0.25, 0.3) is 0 Å². The van der Waals surface area contributed by atoms with Crippen LogP contribution in [0.5, 0.6) is 0 Å². The fourth-order valence-electron chi connectivity index (χ4n) is 8.17. The number of fused-ring (bicyclic) bond motifs is 1. The second-order valence-electron chi connectivity index (χ2n) is 13.8. The van der Waals surface area contributed by atoms with E-state index in [0.29, 0.717) is 70.5 Å². The van der Waals surface area contributed by atoms with E-state index in [2.05, 4.69) is 23.4 Å². The molecule has 4 heterocycles. The molecule has 4 fully saturated rings. The first-order valence-electron chi connectivity index (χ1n) is 18.2. The Morgan fingerprint density at radius 3 is 2.59 bits per heavy atom. The van der Waals surface area contributed by atoms with Crippen LogP contribution in [0.1, 0.15) is 50.2 Å². The molecule has 13 heteroatoms. The molecule has 0 aromatic heterocycles. The van der Waals surface area contributed by atoms with E-state index < -0.39 is 47.7 Å². The molecule has 4 saturated heterocycles. The largest absolute Gasteiger partial charge is 0.455 e. The maximum absolute atomic E-state index is 14.6. The van der Waals surface area contributed by atoms with Crippen molar-refractivity contribution in [2.45, 2.75) is 68.4 Å². The van der Waals surface area contributed by atoms with Crippen molar-refractivity contribution in [2.75, 3.05) is 72.8 Å². The van der Waals surface area contributed by atoms with Crippen LogP contribution >= 0.6 is 0 Å². The molecule has 0 radical (unpaired) electrons. The topological polar surface area (TPSA) is 147 Å². The second-order valence-corrected chi connectivity index (χ2v) is 13.8. The normalized spacial score (nSPS) is 26.7. The fourth-order valence-corrected chi connectivity index (χ4v) is 8.17. The Balaban J connectivity index is 1.43. The molecule has 2 bridgehead atoms. The highest BCUT2D eigenvalue weighted by molar-refractivity contribution is 5.98. The number of nitrogens with one attached hydrogen (secondary N) is 1. The minimum atomic E-state index is -1.20. The Labute approximate surface area is 300 Å². The maximum Gasteiger partial charge on any atom is 0.313 e. The third-order valence-corrected chi connectivity index (χ3v) is 10.6. The Morgan fingerprint density at radius 2 is 1.90 bits per heavy atom. The number of carbonyl (C=O) groups excluding carboxylic acids is 4. The third kappa shape index (κ3) is 8.55. The summed E-state index contributed by atoms with van der Waals surface area (Å²) in [6.45, 7) is 12.1. The van der Waals surface area contributed by atoms with Crippen molar-refractivity contribution in [3.63, 3.8) is 0 Å². The van der Waals surface area contributed by atoms with Crippen LogP contribution in [0, 0.1) is 11.8 Å². The minimum Gasteiger partial charge on any atom is -0.455 e. The number of rotatable bonds is 20. The number of likely N-dealkylation sites (tertiary alicyclic amines) is 1. The van der Waals surface area contributed by atoms with Gasteiger partial charge >= 0.3 is 5.97 Å². The number of allylic oxidation sites excluding steroid dienone is 1. The monoisotopic (exact) mass is 710 g/mol. The van der Waals surface area contributed by atoms with Crippen molar-refractivity contribution < 1.29 is 43.2 Å². The van der Waals surface area contributed by atoms with Crippen LogP contribution in [0.25, 0.3) is 0 Å². The lowest BCUT2D eigenvalue weighted by molar-refractivity contribution is -0.163. The highest BCUT2D eigenvalue weighted by atomic mass is 16.6. The van der Waals surface area contributed by atoms with Crippen molar-refractivity contribution in [3.8, 4) is 0 Å². The van der Waals surface area contributed by atoms with E-state index in [1.807, 2.05) is 30.3 Å². The van der Waals surface area contributed by atoms with E-state index in [1.165, 1.54) is 7.11 Å². The van der Waals surface area contributed by atoms with Crippen molar-refractivity contribution >= 4 is 23.7 Å². The van der Waals surface area contributed by atoms with Crippen LogP contribution in [0.2, 0.25) is 0 Å². The zero-order valence-corrected chi connectivity index (χ0v) is 29.8. The number of benzene rings is 1. The number of morpholine rings is 1. The van der Waals surface area contributed by atoms with Gasteiger partial charge in [0.1, 0.15) is 17.7 Å². The number of hydrogen-bond acceptors (Lipinski definition) is 10. The van der Waals surface area contributed by atoms with Crippen LogP contribution in [-0.2, 0) is 38.1 Å². The first kappa shape index (κ1) is 38.6. The number of nitrogens with zero attached hydrogens (tertiary/aromatic N) is 3. The van der Waals surface area contributed by atoms with Gasteiger partial charge in [0.05, 0.1) is 43.8 Å². The molecule has 0 aliphatic carbocycles. The number of carbonyl (C=O) groups is 4. The van der Waals surface area contributed by atoms with Gasteiger partial charge in [-0.25, -0.2) is 0 Å². The molecule has 2 N–H and O–H groups in total. The van der Waals surface area contributed by atoms with Crippen molar-refractivity contribution in [2.24, 2.45) is 11.8 Å². The molecule has 1 aromatic carbocycles. The van der Waals surface area contributed by atoms with Crippen LogP contribution in [0.15, 0.2) is 55.6 Å². The highest BCUT2D eigenvalue weighted by Gasteiger charge is 2.75. The first-order valence-corrected chi connectivity index (χ1v) is 18.2. The van der Waals surface area contributed by atoms with Crippen LogP contribution in [0.3, 0.4) is 0 Å². The molecule has 5 rings (SSSR count). The Bertz CT molecular complexity index is 1370. The van der Waals surface area contributed by atoms with Gasteiger partial charge < -0.3 is 39.2 Å². The van der Waals surface area contributed by atoms with E-state index >= 15 is 0 Å². The molecule has 51 heavy (non-hydrogen) atoms. The average molecular weight is 711 g/mol. The summed E-state index contributed by atoms with van der Waals surface area (Å²) < 4.78 is 23.9. The second kappa shape index (κ2) is 18.2. The predicted octanol–water partition coefficient (Wildman–Crippen LogP) is 1.86. The number of ether oxygens (including phenoxy) is 4. The van der Waals surface area contributed by atoms with E-state index in [9.17, 15) is 24.3 Å². The van der Waals surface area contributed by atoms with E-state index in [1.54, 1.807) is 22.0 Å². The van der Waals surface area contributed by atoms with Crippen LogP contribution in [-0.4, -0.2) is 140 Å². The summed E-state index contributed by atoms with van der Waals surface area (Å²) in [6, 6.07) is 7.48. The van der Waals surface area contributed by atoms with Gasteiger partial charge in [-0.3, -0.25) is 24.1 Å². The maximum atomic E-state index is 14.6. The quantitative estimate of drug-likeness (QED) is 0.117. The van der Waals surface area contributed by atoms with E-state index in [4.69, 9.17) is 18.9 Å². The molecule has 280 valence electrons. The SMILES string of the molecule is C=CCCC(=O)N[C@H](COC)[C@H](OC(=O)[C@@H]1[C@@H]2CC[C@]3(O2)[C@H](C(=O)N(CC=C)CCN2CCOCC2)N(CCCCO)C(=O)[C@@H]13)c1ccccc1. The van der Waals surface area contributed by atoms with Gasteiger partial charge in [0, 0.05) is 59.4 Å². The molecule has 1 spiro atoms. The molecular formula is C38H54N4O9. The summed E-state index contributed by atoms with van der Waals surface area (Å²) in [5.74, 6) is -3.27. The summed E-state index contributed by atoms with van der Waals surface area (Å²) in [5.41, 5.74) is -0.541. The van der Waals surface area contributed by atoms with Gasteiger partial charge in [0.15, 0.2) is 0 Å². The number of esters is 1. The molecule has 1 aromatic rings. The zero-order chi connectivity index (χ0) is 36.4. The molecule has 3 amide bonds. The number of methoxy groups -OCH3 is 1. The first-order chi connectivity index (χ1) is 24.8.